The molecule has 0 bridgehead atoms. The van der Waals surface area contributed by atoms with Crippen LogP contribution in [0.25, 0.3) is 0 Å². The fourth-order valence-electron chi connectivity index (χ4n) is 3.44. The maximum atomic E-state index is 12.4. The van der Waals surface area contributed by atoms with Crippen molar-refractivity contribution in [2.45, 2.75) is 63.9 Å². The van der Waals surface area contributed by atoms with Gasteiger partial charge in [-0.2, -0.15) is 0 Å². The minimum absolute atomic E-state index is 0.105. The van der Waals surface area contributed by atoms with Gasteiger partial charge in [0.1, 0.15) is 35.1 Å². The number of carbonyl (C=O) groups is 1. The Morgan fingerprint density at radius 1 is 1.39 bits per heavy atom. The second-order valence-corrected chi connectivity index (χ2v) is 8.91. The molecule has 2 unspecified atom stereocenters. The van der Waals surface area contributed by atoms with Crippen LogP contribution in [0, 0.1) is 5.92 Å². The van der Waals surface area contributed by atoms with Crippen LogP contribution >= 0.6 is 11.6 Å². The van der Waals surface area contributed by atoms with Gasteiger partial charge in [-0.1, -0.05) is 24.6 Å². The van der Waals surface area contributed by atoms with Gasteiger partial charge < -0.3 is 19.5 Å². The van der Waals surface area contributed by atoms with E-state index in [4.69, 9.17) is 25.8 Å². The lowest BCUT2D eigenvalue weighted by molar-refractivity contribution is -0.158. The number of hydrogen-bond donors (Lipinski definition) is 1. The Balaban J connectivity index is 1.72. The van der Waals surface area contributed by atoms with Gasteiger partial charge in [0.05, 0.1) is 7.11 Å². The number of halogens is 1. The predicted octanol–water partition coefficient (Wildman–Crippen LogP) is 2.60. The van der Waals surface area contributed by atoms with Gasteiger partial charge in [0, 0.05) is 12.5 Å². The Labute approximate surface area is 170 Å². The van der Waals surface area contributed by atoms with Crippen molar-refractivity contribution in [3.8, 4) is 0 Å². The van der Waals surface area contributed by atoms with E-state index in [2.05, 4.69) is 15.3 Å². The molecule has 0 aromatic heterocycles. The van der Waals surface area contributed by atoms with Crippen molar-refractivity contribution in [2.75, 3.05) is 13.7 Å². The lowest BCUT2D eigenvalue weighted by Crippen LogP contribution is -2.43. The number of allylic oxidation sites excluding steroid dienone is 1. The van der Waals surface area contributed by atoms with Crippen LogP contribution in [-0.2, 0) is 19.0 Å². The molecule has 3 aliphatic rings. The third-order valence-corrected chi connectivity index (χ3v) is 5.33. The van der Waals surface area contributed by atoms with E-state index in [0.29, 0.717) is 6.54 Å². The number of hydrogen-bond acceptors (Lipinski definition) is 7. The molecule has 0 amide bonds. The third kappa shape index (κ3) is 4.25. The van der Waals surface area contributed by atoms with Crippen LogP contribution in [0.2, 0.25) is 0 Å². The molecule has 1 fully saturated rings. The largest absolute Gasteiger partial charge is 0.497 e. The van der Waals surface area contributed by atoms with E-state index in [-0.39, 0.29) is 35.1 Å². The lowest BCUT2D eigenvalue weighted by atomic mass is 9.88. The zero-order chi connectivity index (χ0) is 20.7. The lowest BCUT2D eigenvalue weighted by Gasteiger charge is -2.34. The topological polar surface area (TPSA) is 81.5 Å². The summed E-state index contributed by atoms with van der Waals surface area (Å²) in [5.74, 6) is 0.620. The Morgan fingerprint density at radius 3 is 2.75 bits per heavy atom. The molecule has 0 spiro atoms. The summed E-state index contributed by atoms with van der Waals surface area (Å²) in [4.78, 5) is 21.7. The van der Waals surface area contributed by atoms with Crippen LogP contribution < -0.4 is 5.32 Å². The molecule has 3 rings (SSSR count). The Morgan fingerprint density at radius 2 is 2.11 bits per heavy atom. The minimum atomic E-state index is -0.565. The van der Waals surface area contributed by atoms with Gasteiger partial charge >= 0.3 is 5.97 Å². The highest BCUT2D eigenvalue weighted by Gasteiger charge is 2.43. The fraction of sp³-hybridized carbons (Fsp3) is 0.650. The molecule has 0 radical (unpaired) electrons. The first kappa shape index (κ1) is 20.9. The maximum Gasteiger partial charge on any atom is 0.324 e. The smallest absolute Gasteiger partial charge is 0.324 e. The highest BCUT2D eigenvalue weighted by Crippen LogP contribution is 2.32. The molecular formula is C20H28ClN3O4. The molecule has 1 N–H and O–H groups in total. The average molecular weight is 410 g/mol. The van der Waals surface area contributed by atoms with Crippen molar-refractivity contribution in [3.63, 3.8) is 0 Å². The summed E-state index contributed by atoms with van der Waals surface area (Å²) < 4.78 is 16.9. The average Bonchev–Trinajstić information content (AvgIpc) is 2.94. The van der Waals surface area contributed by atoms with Gasteiger partial charge in [0.15, 0.2) is 5.17 Å². The number of rotatable bonds is 3. The molecule has 154 valence electrons. The summed E-state index contributed by atoms with van der Waals surface area (Å²) in [6.07, 6.45) is 5.42. The van der Waals surface area contributed by atoms with Crippen LogP contribution in [0.4, 0.5) is 0 Å². The van der Waals surface area contributed by atoms with E-state index in [0.717, 1.165) is 5.76 Å². The molecule has 7 nitrogen and oxygen atoms in total. The fourth-order valence-corrected chi connectivity index (χ4v) is 3.72. The monoisotopic (exact) mass is 409 g/mol. The number of fused-ring (bicyclic) bond motifs is 1. The molecular weight excluding hydrogens is 382 g/mol. The standard InChI is InChI=1S/C20H28ClN3O4/c1-11-13(10-22-15(11)18(25)28-19(2,3)4)27-17-16(21)24-20(5)8-7-12(26-6)9-14(20)23-17/h7-9,11,13-15,22H,10H2,1-6H3/t11-,13+,14?,15+,20?/m1/s1. The Kier molecular flexibility index (Phi) is 5.60. The first-order valence-electron chi connectivity index (χ1n) is 9.44. The van der Waals surface area contributed by atoms with Crippen LogP contribution in [0.15, 0.2) is 34.0 Å². The summed E-state index contributed by atoms with van der Waals surface area (Å²) in [7, 11) is 1.61. The van der Waals surface area contributed by atoms with Gasteiger partial charge in [0.25, 0.3) is 0 Å². The van der Waals surface area contributed by atoms with Gasteiger partial charge in [-0.3, -0.25) is 9.79 Å². The summed E-state index contributed by atoms with van der Waals surface area (Å²) >= 11 is 6.37. The molecule has 0 aromatic carbocycles. The number of ether oxygens (including phenoxy) is 3. The molecule has 2 aliphatic heterocycles. The molecule has 28 heavy (non-hydrogen) atoms. The maximum absolute atomic E-state index is 12.4. The molecule has 2 heterocycles. The normalized spacial score (nSPS) is 34.8. The van der Waals surface area contributed by atoms with E-state index >= 15 is 0 Å². The zero-order valence-corrected chi connectivity index (χ0v) is 17.9. The summed E-state index contributed by atoms with van der Waals surface area (Å²) in [5, 5.41) is 3.41. The van der Waals surface area contributed by atoms with E-state index in [1.165, 1.54) is 0 Å². The second kappa shape index (κ2) is 7.52. The number of nitrogens with one attached hydrogen (secondary N) is 1. The number of aliphatic imine (C=N–C) groups is 2. The summed E-state index contributed by atoms with van der Waals surface area (Å²) in [6, 6.07) is -0.705. The van der Waals surface area contributed by atoms with Gasteiger partial charge in [-0.15, -0.1) is 0 Å². The Bertz CT molecular complexity index is 768. The number of carbonyl (C=O) groups excluding carboxylic acids is 1. The highest BCUT2D eigenvalue weighted by molar-refractivity contribution is 6.83. The van der Waals surface area contributed by atoms with Crippen molar-refractivity contribution in [1.82, 2.24) is 5.32 Å². The van der Waals surface area contributed by atoms with Crippen molar-refractivity contribution in [3.05, 3.63) is 24.0 Å². The molecule has 8 heteroatoms. The van der Waals surface area contributed by atoms with E-state index < -0.39 is 17.2 Å². The molecule has 1 aliphatic carbocycles. The first-order chi connectivity index (χ1) is 13.0. The van der Waals surface area contributed by atoms with Crippen LogP contribution in [0.1, 0.15) is 34.6 Å². The van der Waals surface area contributed by atoms with E-state index in [9.17, 15) is 4.79 Å². The van der Waals surface area contributed by atoms with Crippen LogP contribution in [0.5, 0.6) is 0 Å². The minimum Gasteiger partial charge on any atom is -0.497 e. The molecule has 5 atom stereocenters. The van der Waals surface area contributed by atoms with Gasteiger partial charge in [-0.25, -0.2) is 4.99 Å². The SMILES string of the molecule is COC1=CC2N=C(O[C@H]3CN[C@H](C(=O)OC(C)(C)C)[C@@H]3C)C(Cl)=NC2(C)C=C1. The summed E-state index contributed by atoms with van der Waals surface area (Å²) in [6.45, 7) is 9.95. The van der Waals surface area contributed by atoms with Crippen LogP contribution in [0.3, 0.4) is 0 Å². The van der Waals surface area contributed by atoms with E-state index in [1.54, 1.807) is 7.11 Å². The zero-order valence-electron chi connectivity index (χ0n) is 17.2. The van der Waals surface area contributed by atoms with E-state index in [1.807, 2.05) is 52.8 Å². The van der Waals surface area contributed by atoms with Gasteiger partial charge in [0.2, 0.25) is 5.90 Å². The van der Waals surface area contributed by atoms with Crippen molar-refractivity contribution in [1.29, 1.82) is 0 Å². The van der Waals surface area contributed by atoms with Crippen molar-refractivity contribution in [2.24, 2.45) is 15.9 Å². The molecule has 1 saturated heterocycles. The van der Waals surface area contributed by atoms with Crippen molar-refractivity contribution >= 4 is 28.6 Å². The highest BCUT2D eigenvalue weighted by atomic mass is 35.5. The third-order valence-electron chi connectivity index (χ3n) is 5.09. The predicted molar refractivity (Wildman–Crippen MR) is 109 cm³/mol. The molecule has 0 aromatic rings. The van der Waals surface area contributed by atoms with Crippen molar-refractivity contribution < 1.29 is 19.0 Å². The Hall–Kier alpha value is -1.86. The number of methoxy groups -OCH3 is 1. The number of esters is 1. The first-order valence-corrected chi connectivity index (χ1v) is 9.82. The quantitative estimate of drug-likeness (QED) is 0.724. The van der Waals surface area contributed by atoms with Gasteiger partial charge in [-0.05, 0) is 39.8 Å². The molecule has 0 saturated carbocycles. The second-order valence-electron chi connectivity index (χ2n) is 8.55. The number of nitrogens with zero attached hydrogens (tertiary/aromatic N) is 2. The van der Waals surface area contributed by atoms with Crippen LogP contribution in [-0.4, -0.2) is 60.0 Å². The summed E-state index contributed by atoms with van der Waals surface area (Å²) in [5.41, 5.74) is -1.10.